The zero-order valence-electron chi connectivity index (χ0n) is 15.3. The zero-order chi connectivity index (χ0) is 17.5. The highest BCUT2D eigenvalue weighted by molar-refractivity contribution is 5.92. The van der Waals surface area contributed by atoms with E-state index in [1.54, 1.807) is 18.0 Å². The maximum absolute atomic E-state index is 12.7. The van der Waals surface area contributed by atoms with Crippen molar-refractivity contribution in [3.8, 4) is 0 Å². The van der Waals surface area contributed by atoms with Crippen molar-refractivity contribution in [2.24, 2.45) is 0 Å². The van der Waals surface area contributed by atoms with E-state index < -0.39 is 0 Å². The molecule has 0 spiro atoms. The number of hydrogen-bond acceptors (Lipinski definition) is 4. The Morgan fingerprint density at radius 3 is 2.88 bits per heavy atom. The Hall–Kier alpha value is -1.91. The number of nitrogens with zero attached hydrogens (tertiary/aromatic N) is 3. The number of amides is 1. The average molecular weight is 342 g/mol. The van der Waals surface area contributed by atoms with Crippen molar-refractivity contribution < 1.29 is 4.79 Å². The molecule has 2 aliphatic rings. The molecule has 25 heavy (non-hydrogen) atoms. The quantitative estimate of drug-likeness (QED) is 0.788. The van der Waals surface area contributed by atoms with E-state index >= 15 is 0 Å². The third-order valence-electron chi connectivity index (χ3n) is 5.37. The zero-order valence-corrected chi connectivity index (χ0v) is 15.3. The molecule has 5 heteroatoms. The third-order valence-corrected chi connectivity index (χ3v) is 5.37. The Bertz CT molecular complexity index is 596. The second kappa shape index (κ2) is 8.97. The molecule has 2 heterocycles. The molecule has 1 amide bonds. The summed E-state index contributed by atoms with van der Waals surface area (Å²) >= 11 is 0. The van der Waals surface area contributed by atoms with E-state index in [-0.39, 0.29) is 5.91 Å². The summed E-state index contributed by atoms with van der Waals surface area (Å²) in [5.74, 6) is 0.775. The van der Waals surface area contributed by atoms with Crippen molar-refractivity contribution in [2.45, 2.75) is 70.8 Å². The number of rotatable bonds is 6. The van der Waals surface area contributed by atoms with E-state index in [4.69, 9.17) is 0 Å². The number of nitrogens with one attached hydrogen (secondary N) is 1. The number of anilines is 1. The molecule has 1 aliphatic carbocycles. The van der Waals surface area contributed by atoms with Crippen LogP contribution in [0.15, 0.2) is 24.0 Å². The number of carbonyl (C=O) groups excluding carboxylic acids is 1. The molecule has 3 rings (SSSR count). The van der Waals surface area contributed by atoms with Crippen LogP contribution in [0.5, 0.6) is 0 Å². The minimum Gasteiger partial charge on any atom is -0.368 e. The van der Waals surface area contributed by atoms with E-state index in [9.17, 15) is 4.79 Å². The van der Waals surface area contributed by atoms with Crippen molar-refractivity contribution in [3.63, 3.8) is 0 Å². The van der Waals surface area contributed by atoms with Gasteiger partial charge in [0.2, 0.25) is 0 Å². The van der Waals surface area contributed by atoms with Gasteiger partial charge >= 0.3 is 0 Å². The molecule has 0 aromatic carbocycles. The Morgan fingerprint density at radius 1 is 1.24 bits per heavy atom. The summed E-state index contributed by atoms with van der Waals surface area (Å²) in [6.45, 7) is 3.86. The van der Waals surface area contributed by atoms with Gasteiger partial charge in [-0.3, -0.25) is 4.79 Å². The van der Waals surface area contributed by atoms with Gasteiger partial charge in [0, 0.05) is 19.1 Å². The summed E-state index contributed by atoms with van der Waals surface area (Å²) in [7, 11) is 0. The van der Waals surface area contributed by atoms with Crippen LogP contribution in [0.4, 0.5) is 5.82 Å². The highest BCUT2D eigenvalue weighted by atomic mass is 16.2. The molecule has 1 aromatic heterocycles. The lowest BCUT2D eigenvalue weighted by molar-refractivity contribution is 0.0601. The van der Waals surface area contributed by atoms with Crippen LogP contribution < -0.4 is 5.32 Å². The van der Waals surface area contributed by atoms with Gasteiger partial charge < -0.3 is 10.2 Å². The molecular weight excluding hydrogens is 312 g/mol. The highest BCUT2D eigenvalue weighted by Crippen LogP contribution is 2.22. The minimum absolute atomic E-state index is 0.0259. The van der Waals surface area contributed by atoms with Gasteiger partial charge in [-0.05, 0) is 57.8 Å². The summed E-state index contributed by atoms with van der Waals surface area (Å²) < 4.78 is 0. The van der Waals surface area contributed by atoms with Gasteiger partial charge in [0.1, 0.15) is 11.5 Å². The van der Waals surface area contributed by atoms with Crippen LogP contribution in [0.2, 0.25) is 0 Å². The first-order chi connectivity index (χ1) is 12.3. The van der Waals surface area contributed by atoms with E-state index in [0.29, 0.717) is 11.7 Å². The molecule has 1 atom stereocenters. The monoisotopic (exact) mass is 342 g/mol. The second-order valence-corrected chi connectivity index (χ2v) is 7.13. The molecule has 136 valence electrons. The molecular formula is C20H30N4O. The Balaban J connectivity index is 1.52. The van der Waals surface area contributed by atoms with Crippen molar-refractivity contribution in [2.75, 3.05) is 18.4 Å². The summed E-state index contributed by atoms with van der Waals surface area (Å²) in [5, 5.41) is 3.32. The van der Waals surface area contributed by atoms with E-state index in [1.165, 1.54) is 32.1 Å². The standard InChI is InChI=1S/C20H30N4O/c1-2-17-10-6-7-13-24(17)20(25)18-14-23-19(15-22-18)21-12-11-16-8-4-3-5-9-16/h8,14-15,17H,2-7,9-13H2,1H3,(H,21,23). The van der Waals surface area contributed by atoms with Crippen LogP contribution in [0.1, 0.15) is 75.2 Å². The Kier molecular flexibility index (Phi) is 6.42. The molecule has 1 aliphatic heterocycles. The molecule has 1 N–H and O–H groups in total. The van der Waals surface area contributed by atoms with Crippen molar-refractivity contribution in [3.05, 3.63) is 29.7 Å². The number of aromatic nitrogens is 2. The fraction of sp³-hybridized carbons (Fsp3) is 0.650. The van der Waals surface area contributed by atoms with Gasteiger partial charge in [0.05, 0.1) is 12.4 Å². The van der Waals surface area contributed by atoms with Crippen LogP contribution in [-0.4, -0.2) is 39.9 Å². The normalized spacial score (nSPS) is 20.9. The molecule has 1 unspecified atom stereocenters. The number of allylic oxidation sites excluding steroid dienone is 1. The van der Waals surface area contributed by atoms with Crippen LogP contribution in [0, 0.1) is 0 Å². The number of carbonyl (C=O) groups is 1. The average Bonchev–Trinajstić information content (AvgIpc) is 2.69. The lowest BCUT2D eigenvalue weighted by Gasteiger charge is -2.34. The van der Waals surface area contributed by atoms with Crippen LogP contribution in [-0.2, 0) is 0 Å². The van der Waals surface area contributed by atoms with Crippen LogP contribution in [0.3, 0.4) is 0 Å². The van der Waals surface area contributed by atoms with Crippen molar-refractivity contribution >= 4 is 11.7 Å². The predicted octanol–water partition coefficient (Wildman–Crippen LogP) is 4.18. The second-order valence-electron chi connectivity index (χ2n) is 7.13. The van der Waals surface area contributed by atoms with Gasteiger partial charge in [0.25, 0.3) is 5.91 Å². The van der Waals surface area contributed by atoms with Crippen LogP contribution >= 0.6 is 0 Å². The summed E-state index contributed by atoms with van der Waals surface area (Å²) in [6, 6.07) is 0.351. The highest BCUT2D eigenvalue weighted by Gasteiger charge is 2.27. The number of hydrogen-bond donors (Lipinski definition) is 1. The summed E-state index contributed by atoms with van der Waals surface area (Å²) in [6.07, 6.45) is 16.3. The molecule has 0 saturated carbocycles. The maximum atomic E-state index is 12.7. The minimum atomic E-state index is 0.0259. The SMILES string of the molecule is CCC1CCCCN1C(=O)c1cnc(NCCC2=CCCCC2)cn1. The van der Waals surface area contributed by atoms with Gasteiger partial charge in [0.15, 0.2) is 0 Å². The van der Waals surface area contributed by atoms with E-state index in [1.807, 2.05) is 4.90 Å². The molecule has 1 saturated heterocycles. The number of likely N-dealkylation sites (tertiary alicyclic amines) is 1. The third kappa shape index (κ3) is 4.80. The smallest absolute Gasteiger partial charge is 0.274 e. The maximum Gasteiger partial charge on any atom is 0.274 e. The van der Waals surface area contributed by atoms with Gasteiger partial charge in [-0.25, -0.2) is 9.97 Å². The lowest BCUT2D eigenvalue weighted by atomic mass is 9.97. The first-order valence-corrected chi connectivity index (χ1v) is 9.82. The lowest BCUT2D eigenvalue weighted by Crippen LogP contribution is -2.43. The number of piperidine rings is 1. The molecule has 0 bridgehead atoms. The first-order valence-electron chi connectivity index (χ1n) is 9.82. The Morgan fingerprint density at radius 2 is 2.16 bits per heavy atom. The Labute approximate surface area is 150 Å². The molecule has 5 nitrogen and oxygen atoms in total. The summed E-state index contributed by atoms with van der Waals surface area (Å²) in [4.78, 5) is 23.4. The summed E-state index contributed by atoms with van der Waals surface area (Å²) in [5.41, 5.74) is 2.01. The van der Waals surface area contributed by atoms with E-state index in [2.05, 4.69) is 28.3 Å². The van der Waals surface area contributed by atoms with Crippen molar-refractivity contribution in [1.29, 1.82) is 0 Å². The fourth-order valence-electron chi connectivity index (χ4n) is 3.85. The first kappa shape index (κ1) is 17.9. The largest absolute Gasteiger partial charge is 0.368 e. The van der Waals surface area contributed by atoms with Gasteiger partial charge in [-0.15, -0.1) is 0 Å². The van der Waals surface area contributed by atoms with Crippen molar-refractivity contribution in [1.82, 2.24) is 14.9 Å². The van der Waals surface area contributed by atoms with Gasteiger partial charge in [-0.1, -0.05) is 18.6 Å². The topological polar surface area (TPSA) is 58.1 Å². The van der Waals surface area contributed by atoms with Crippen LogP contribution in [0.25, 0.3) is 0 Å². The van der Waals surface area contributed by atoms with E-state index in [0.717, 1.165) is 44.6 Å². The van der Waals surface area contributed by atoms with Gasteiger partial charge in [-0.2, -0.15) is 0 Å². The molecule has 1 aromatic rings. The predicted molar refractivity (Wildman–Crippen MR) is 101 cm³/mol. The molecule has 1 fully saturated rings. The molecule has 0 radical (unpaired) electrons. The fourth-order valence-corrected chi connectivity index (χ4v) is 3.85.